The molecule has 26 heavy (non-hydrogen) atoms. The Morgan fingerprint density at radius 3 is 2.65 bits per heavy atom. The lowest BCUT2D eigenvalue weighted by Gasteiger charge is -2.20. The molecule has 1 aliphatic heterocycles. The molecule has 1 heterocycles. The van der Waals surface area contributed by atoms with Gasteiger partial charge in [-0.05, 0) is 46.3 Å². The largest absolute Gasteiger partial charge is 0.507 e. The number of anilines is 2. The smallest absolute Gasteiger partial charge is 0.259 e. The molecule has 0 saturated carbocycles. The summed E-state index contributed by atoms with van der Waals surface area (Å²) in [6, 6.07) is 7.49. The van der Waals surface area contributed by atoms with Crippen molar-refractivity contribution in [2.75, 3.05) is 23.8 Å². The number of fused-ring (bicyclic) bond motifs is 1. The third-order valence-electron chi connectivity index (χ3n) is 3.55. The summed E-state index contributed by atoms with van der Waals surface area (Å²) in [4.78, 5) is 23.9. The molecule has 0 saturated heterocycles. The lowest BCUT2D eigenvalue weighted by atomic mass is 10.1. The minimum absolute atomic E-state index is 0.0119. The molecule has 3 rings (SSSR count). The minimum Gasteiger partial charge on any atom is -0.507 e. The third-order valence-corrected chi connectivity index (χ3v) is 4.14. The van der Waals surface area contributed by atoms with E-state index in [2.05, 4.69) is 33.1 Å². The SMILES string of the molecule is C=CC(=O)Nc1ccc(O)c(C(=O)Nc2cc(Br)c3c(c2)OCCO3)c1. The van der Waals surface area contributed by atoms with E-state index in [4.69, 9.17) is 9.47 Å². The van der Waals surface area contributed by atoms with E-state index in [0.717, 1.165) is 6.08 Å². The molecule has 0 unspecified atom stereocenters. The van der Waals surface area contributed by atoms with E-state index in [1.165, 1.54) is 18.2 Å². The van der Waals surface area contributed by atoms with E-state index < -0.39 is 11.8 Å². The highest BCUT2D eigenvalue weighted by molar-refractivity contribution is 9.10. The summed E-state index contributed by atoms with van der Waals surface area (Å²) >= 11 is 3.38. The van der Waals surface area contributed by atoms with Gasteiger partial charge in [-0.1, -0.05) is 6.58 Å². The Labute approximate surface area is 157 Å². The van der Waals surface area contributed by atoms with Crippen LogP contribution in [0.1, 0.15) is 10.4 Å². The molecule has 0 atom stereocenters. The van der Waals surface area contributed by atoms with Crippen LogP contribution in [0.3, 0.4) is 0 Å². The predicted octanol–water partition coefficient (Wildman–Crippen LogP) is 3.30. The van der Waals surface area contributed by atoms with Gasteiger partial charge in [-0.3, -0.25) is 9.59 Å². The molecule has 8 heteroatoms. The Morgan fingerprint density at radius 1 is 1.12 bits per heavy atom. The van der Waals surface area contributed by atoms with Crippen LogP contribution < -0.4 is 20.1 Å². The summed E-state index contributed by atoms with van der Waals surface area (Å²) < 4.78 is 11.7. The molecule has 2 aromatic carbocycles. The molecular formula is C18H15BrN2O5. The molecule has 1 aliphatic rings. The van der Waals surface area contributed by atoms with Gasteiger partial charge in [0, 0.05) is 17.4 Å². The summed E-state index contributed by atoms with van der Waals surface area (Å²) in [5.74, 6) is -0.0855. The Morgan fingerprint density at radius 2 is 1.88 bits per heavy atom. The number of nitrogens with one attached hydrogen (secondary N) is 2. The monoisotopic (exact) mass is 418 g/mol. The number of carbonyl (C=O) groups is 2. The maximum absolute atomic E-state index is 12.5. The highest BCUT2D eigenvalue weighted by Gasteiger charge is 2.19. The van der Waals surface area contributed by atoms with Crippen LogP contribution in [0, 0.1) is 0 Å². The Kier molecular flexibility index (Phi) is 5.13. The van der Waals surface area contributed by atoms with Gasteiger partial charge in [-0.25, -0.2) is 0 Å². The first kappa shape index (κ1) is 17.8. The zero-order valence-electron chi connectivity index (χ0n) is 13.5. The van der Waals surface area contributed by atoms with Crippen molar-refractivity contribution in [2.45, 2.75) is 0 Å². The van der Waals surface area contributed by atoms with Crippen LogP contribution in [0.25, 0.3) is 0 Å². The maximum Gasteiger partial charge on any atom is 0.259 e. The zero-order chi connectivity index (χ0) is 18.7. The first-order chi connectivity index (χ1) is 12.5. The highest BCUT2D eigenvalue weighted by atomic mass is 79.9. The van der Waals surface area contributed by atoms with Crippen molar-refractivity contribution >= 4 is 39.1 Å². The minimum atomic E-state index is -0.541. The number of aromatic hydroxyl groups is 1. The van der Waals surface area contributed by atoms with Crippen molar-refractivity contribution in [1.29, 1.82) is 0 Å². The second-order valence-electron chi connectivity index (χ2n) is 5.36. The van der Waals surface area contributed by atoms with E-state index >= 15 is 0 Å². The van der Waals surface area contributed by atoms with Gasteiger partial charge in [0.05, 0.1) is 10.0 Å². The second-order valence-corrected chi connectivity index (χ2v) is 6.22. The summed E-state index contributed by atoms with van der Waals surface area (Å²) in [6.45, 7) is 4.24. The number of phenols is 1. The van der Waals surface area contributed by atoms with Crippen molar-refractivity contribution < 1.29 is 24.2 Å². The molecule has 0 fully saturated rings. The van der Waals surface area contributed by atoms with E-state index in [0.29, 0.717) is 40.6 Å². The Balaban J connectivity index is 1.84. The average Bonchev–Trinajstić information content (AvgIpc) is 2.63. The van der Waals surface area contributed by atoms with Gasteiger partial charge in [-0.2, -0.15) is 0 Å². The number of hydrogen-bond acceptors (Lipinski definition) is 5. The van der Waals surface area contributed by atoms with E-state index in [1.807, 2.05) is 0 Å². The first-order valence-corrected chi connectivity index (χ1v) is 8.44. The highest BCUT2D eigenvalue weighted by Crippen LogP contribution is 2.40. The molecule has 2 aromatic rings. The number of rotatable bonds is 4. The summed E-state index contributed by atoms with van der Waals surface area (Å²) in [7, 11) is 0. The van der Waals surface area contributed by atoms with Crippen molar-refractivity contribution in [3.8, 4) is 17.2 Å². The van der Waals surface area contributed by atoms with E-state index in [-0.39, 0.29) is 11.3 Å². The van der Waals surface area contributed by atoms with Crippen molar-refractivity contribution in [3.05, 3.63) is 53.0 Å². The van der Waals surface area contributed by atoms with Crippen LogP contribution in [0.5, 0.6) is 17.2 Å². The molecule has 7 nitrogen and oxygen atoms in total. The Hall–Kier alpha value is -3.00. The number of amides is 2. The molecule has 0 aromatic heterocycles. The molecule has 2 amide bonds. The van der Waals surface area contributed by atoms with Gasteiger partial charge in [0.15, 0.2) is 11.5 Å². The average molecular weight is 419 g/mol. The van der Waals surface area contributed by atoms with E-state index in [9.17, 15) is 14.7 Å². The van der Waals surface area contributed by atoms with Gasteiger partial charge in [0.2, 0.25) is 5.91 Å². The molecule has 0 spiro atoms. The number of benzene rings is 2. The van der Waals surface area contributed by atoms with Gasteiger partial charge < -0.3 is 25.2 Å². The van der Waals surface area contributed by atoms with Gasteiger partial charge >= 0.3 is 0 Å². The lowest BCUT2D eigenvalue weighted by Crippen LogP contribution is -2.17. The number of phenolic OH excluding ortho intramolecular Hbond substituents is 1. The van der Waals surface area contributed by atoms with Crippen LogP contribution in [0.15, 0.2) is 47.5 Å². The van der Waals surface area contributed by atoms with Crippen LogP contribution in [-0.4, -0.2) is 30.1 Å². The van der Waals surface area contributed by atoms with Crippen LogP contribution >= 0.6 is 15.9 Å². The normalized spacial score (nSPS) is 12.2. The van der Waals surface area contributed by atoms with Crippen LogP contribution in [0.2, 0.25) is 0 Å². The van der Waals surface area contributed by atoms with Gasteiger partial charge in [0.25, 0.3) is 5.91 Å². The Bertz CT molecular complexity index is 897. The van der Waals surface area contributed by atoms with E-state index in [1.54, 1.807) is 12.1 Å². The fraction of sp³-hybridized carbons (Fsp3) is 0.111. The molecule has 3 N–H and O–H groups in total. The summed E-state index contributed by atoms with van der Waals surface area (Å²) in [5, 5.41) is 15.2. The number of halogens is 1. The van der Waals surface area contributed by atoms with Crippen molar-refractivity contribution in [1.82, 2.24) is 0 Å². The summed E-state index contributed by atoms with van der Waals surface area (Å²) in [6.07, 6.45) is 1.11. The summed E-state index contributed by atoms with van der Waals surface area (Å²) in [5.41, 5.74) is 0.838. The fourth-order valence-corrected chi connectivity index (χ4v) is 2.93. The molecule has 134 valence electrons. The fourth-order valence-electron chi connectivity index (χ4n) is 2.37. The molecule has 0 aliphatic carbocycles. The number of ether oxygens (including phenoxy) is 2. The molecule has 0 bridgehead atoms. The standard InChI is InChI=1S/C18H15BrN2O5/c1-2-16(23)20-10-3-4-14(22)12(7-10)18(24)21-11-8-13(19)17-15(9-11)25-5-6-26-17/h2-4,7-9,22H,1,5-6H2,(H,20,23)(H,21,24). The molecular weight excluding hydrogens is 404 g/mol. The van der Waals surface area contributed by atoms with Crippen molar-refractivity contribution in [2.24, 2.45) is 0 Å². The predicted molar refractivity (Wildman–Crippen MR) is 100 cm³/mol. The lowest BCUT2D eigenvalue weighted by molar-refractivity contribution is -0.111. The maximum atomic E-state index is 12.5. The van der Waals surface area contributed by atoms with Crippen LogP contribution in [-0.2, 0) is 4.79 Å². The third kappa shape index (κ3) is 3.80. The van der Waals surface area contributed by atoms with Gasteiger partial charge in [-0.15, -0.1) is 0 Å². The van der Waals surface area contributed by atoms with Crippen LogP contribution in [0.4, 0.5) is 11.4 Å². The quantitative estimate of drug-likeness (QED) is 0.522. The number of hydrogen-bond donors (Lipinski definition) is 3. The zero-order valence-corrected chi connectivity index (χ0v) is 15.1. The van der Waals surface area contributed by atoms with Crippen molar-refractivity contribution in [3.63, 3.8) is 0 Å². The second kappa shape index (κ2) is 7.49. The van der Waals surface area contributed by atoms with Gasteiger partial charge in [0.1, 0.15) is 19.0 Å². The molecule has 0 radical (unpaired) electrons. The topological polar surface area (TPSA) is 96.9 Å². The number of carbonyl (C=O) groups excluding carboxylic acids is 2. The first-order valence-electron chi connectivity index (χ1n) is 7.65.